The minimum absolute atomic E-state index is 0.273. The fourth-order valence-electron chi connectivity index (χ4n) is 2.14. The fraction of sp³-hybridized carbons (Fsp3) is 0.500. The molecule has 1 aliphatic rings. The van der Waals surface area contributed by atoms with Crippen molar-refractivity contribution in [2.45, 2.75) is 45.1 Å². The van der Waals surface area contributed by atoms with Crippen LogP contribution in [0.25, 0.3) is 0 Å². The minimum atomic E-state index is -4.36. The number of halogens is 3. The van der Waals surface area contributed by atoms with Gasteiger partial charge in [0, 0.05) is 17.8 Å². The lowest BCUT2D eigenvalue weighted by molar-refractivity contribution is -0.137. The normalized spacial score (nSPS) is 15.6. The van der Waals surface area contributed by atoms with Crippen molar-refractivity contribution in [3.8, 4) is 0 Å². The molecular weight excluding hydrogens is 283 g/mol. The van der Waals surface area contributed by atoms with Gasteiger partial charge in [-0.3, -0.25) is 4.68 Å². The minimum Gasteiger partial charge on any atom is -0.465 e. The number of nitrogens with one attached hydrogen (secondary N) is 1. The monoisotopic (exact) mass is 299 g/mol. The van der Waals surface area contributed by atoms with Gasteiger partial charge in [-0.15, -0.1) is 0 Å². The maximum absolute atomic E-state index is 12.5. The Labute approximate surface area is 119 Å². The third kappa shape index (κ3) is 3.47. The summed E-state index contributed by atoms with van der Waals surface area (Å²) < 4.78 is 44.5. The van der Waals surface area contributed by atoms with Gasteiger partial charge in [-0.25, -0.2) is 0 Å². The average molecular weight is 299 g/mol. The molecule has 7 heteroatoms. The summed E-state index contributed by atoms with van der Waals surface area (Å²) in [4.78, 5) is 0. The number of nitrogens with zero attached hydrogens (tertiary/aromatic N) is 2. The first-order valence-electron chi connectivity index (χ1n) is 6.83. The first-order valence-corrected chi connectivity index (χ1v) is 6.83. The van der Waals surface area contributed by atoms with Crippen LogP contribution in [0.15, 0.2) is 22.9 Å². The number of alkyl halides is 3. The Morgan fingerprint density at radius 3 is 2.81 bits per heavy atom. The van der Waals surface area contributed by atoms with Gasteiger partial charge >= 0.3 is 6.18 Å². The van der Waals surface area contributed by atoms with E-state index in [2.05, 4.69) is 10.4 Å². The van der Waals surface area contributed by atoms with E-state index < -0.39 is 11.7 Å². The molecule has 0 unspecified atom stereocenters. The summed E-state index contributed by atoms with van der Waals surface area (Å²) >= 11 is 0. The van der Waals surface area contributed by atoms with Gasteiger partial charge in [-0.1, -0.05) is 0 Å². The third-order valence-electron chi connectivity index (χ3n) is 3.51. The van der Waals surface area contributed by atoms with Crippen LogP contribution in [0.5, 0.6) is 0 Å². The molecule has 4 nitrogen and oxygen atoms in total. The van der Waals surface area contributed by atoms with E-state index in [9.17, 15) is 13.2 Å². The Morgan fingerprint density at radius 1 is 1.43 bits per heavy atom. The second kappa shape index (κ2) is 5.22. The van der Waals surface area contributed by atoms with Gasteiger partial charge in [-0.05, 0) is 25.8 Å². The van der Waals surface area contributed by atoms with Crippen molar-refractivity contribution in [2.75, 3.05) is 0 Å². The first-order chi connectivity index (χ1) is 9.91. The van der Waals surface area contributed by atoms with Crippen LogP contribution < -0.4 is 5.32 Å². The lowest BCUT2D eigenvalue weighted by Gasteiger charge is -2.01. The fourth-order valence-corrected chi connectivity index (χ4v) is 2.14. The van der Waals surface area contributed by atoms with E-state index in [0.29, 0.717) is 18.3 Å². The summed E-state index contributed by atoms with van der Waals surface area (Å²) in [5.74, 6) is 1.52. The highest BCUT2D eigenvalue weighted by molar-refractivity contribution is 5.22. The van der Waals surface area contributed by atoms with Gasteiger partial charge in [0.1, 0.15) is 11.5 Å². The SMILES string of the molecule is Cc1oc(CNC2CC2)cc1Cn1cc(C(F)(F)F)cn1. The topological polar surface area (TPSA) is 43.0 Å². The predicted octanol–water partition coefficient (Wildman–Crippen LogP) is 3.10. The molecule has 1 N–H and O–H groups in total. The zero-order valence-electron chi connectivity index (χ0n) is 11.6. The van der Waals surface area contributed by atoms with Crippen LogP contribution in [0.3, 0.4) is 0 Å². The molecule has 1 aliphatic carbocycles. The Hall–Kier alpha value is -1.76. The molecular formula is C14H16F3N3O. The molecule has 3 rings (SSSR count). The molecule has 0 amide bonds. The largest absolute Gasteiger partial charge is 0.465 e. The van der Waals surface area contributed by atoms with E-state index in [-0.39, 0.29) is 6.54 Å². The molecule has 1 fully saturated rings. The number of hydrogen-bond donors (Lipinski definition) is 1. The molecule has 2 aromatic heterocycles. The Morgan fingerprint density at radius 2 is 2.19 bits per heavy atom. The highest BCUT2D eigenvalue weighted by Crippen LogP contribution is 2.28. The summed E-state index contributed by atoms with van der Waals surface area (Å²) in [6, 6.07) is 2.46. The van der Waals surface area contributed by atoms with Crippen molar-refractivity contribution in [1.82, 2.24) is 15.1 Å². The summed E-state index contributed by atoms with van der Waals surface area (Å²) in [6.45, 7) is 2.73. The van der Waals surface area contributed by atoms with Crippen molar-refractivity contribution < 1.29 is 17.6 Å². The van der Waals surface area contributed by atoms with Crippen LogP contribution >= 0.6 is 0 Å². The average Bonchev–Trinajstić information content (AvgIpc) is 2.99. The number of rotatable bonds is 5. The van der Waals surface area contributed by atoms with Crippen LogP contribution in [-0.2, 0) is 19.3 Å². The zero-order valence-corrected chi connectivity index (χ0v) is 11.6. The molecule has 0 saturated heterocycles. The standard InChI is InChI=1S/C14H16F3N3O/c1-9-10(4-13(21-9)6-18-12-2-3-12)7-20-8-11(5-19-20)14(15,16)17/h4-5,8,12,18H,2-3,6-7H2,1H3. The molecule has 21 heavy (non-hydrogen) atoms. The molecule has 2 aromatic rings. The highest BCUT2D eigenvalue weighted by atomic mass is 19.4. The van der Waals surface area contributed by atoms with E-state index in [1.54, 1.807) is 0 Å². The van der Waals surface area contributed by atoms with Crippen LogP contribution in [0.1, 0.15) is 35.5 Å². The predicted molar refractivity (Wildman–Crippen MR) is 69.6 cm³/mol. The Balaban J connectivity index is 1.67. The summed E-state index contributed by atoms with van der Waals surface area (Å²) in [6.07, 6.45) is -0.122. The second-order valence-corrected chi connectivity index (χ2v) is 5.37. The molecule has 2 heterocycles. The van der Waals surface area contributed by atoms with Gasteiger partial charge < -0.3 is 9.73 Å². The molecule has 0 aromatic carbocycles. The van der Waals surface area contributed by atoms with E-state index in [4.69, 9.17) is 4.42 Å². The first kappa shape index (κ1) is 14.2. The van der Waals surface area contributed by atoms with Crippen LogP contribution in [0.2, 0.25) is 0 Å². The Kier molecular flexibility index (Phi) is 3.52. The van der Waals surface area contributed by atoms with Crippen LogP contribution in [0, 0.1) is 6.92 Å². The maximum Gasteiger partial charge on any atom is 0.419 e. The molecule has 0 bridgehead atoms. The summed E-state index contributed by atoms with van der Waals surface area (Å²) in [5.41, 5.74) is 0.110. The van der Waals surface area contributed by atoms with Gasteiger partial charge in [0.25, 0.3) is 0 Å². The molecule has 0 aliphatic heterocycles. The number of hydrogen-bond acceptors (Lipinski definition) is 3. The number of aryl methyl sites for hydroxylation is 1. The van der Waals surface area contributed by atoms with E-state index in [1.807, 2.05) is 13.0 Å². The molecule has 0 spiro atoms. The summed E-state index contributed by atoms with van der Waals surface area (Å²) in [7, 11) is 0. The van der Waals surface area contributed by atoms with Crippen LogP contribution in [0.4, 0.5) is 13.2 Å². The van der Waals surface area contributed by atoms with E-state index in [1.165, 1.54) is 17.5 Å². The lowest BCUT2D eigenvalue weighted by Crippen LogP contribution is -2.14. The van der Waals surface area contributed by atoms with Crippen molar-refractivity contribution in [2.24, 2.45) is 0 Å². The maximum atomic E-state index is 12.5. The second-order valence-electron chi connectivity index (χ2n) is 5.37. The Bertz CT molecular complexity index is 626. The van der Waals surface area contributed by atoms with Gasteiger partial charge in [0.2, 0.25) is 0 Å². The van der Waals surface area contributed by atoms with Crippen molar-refractivity contribution in [1.29, 1.82) is 0 Å². The molecule has 1 saturated carbocycles. The van der Waals surface area contributed by atoms with Crippen LogP contribution in [-0.4, -0.2) is 15.8 Å². The molecule has 0 atom stereocenters. The van der Waals surface area contributed by atoms with Crippen molar-refractivity contribution >= 4 is 0 Å². The zero-order chi connectivity index (χ0) is 15.0. The van der Waals surface area contributed by atoms with Gasteiger partial charge in [0.15, 0.2) is 0 Å². The number of aromatic nitrogens is 2. The van der Waals surface area contributed by atoms with Crippen molar-refractivity contribution in [3.05, 3.63) is 41.1 Å². The van der Waals surface area contributed by atoms with Gasteiger partial charge in [0.05, 0.1) is 24.8 Å². The number of furan rings is 1. The van der Waals surface area contributed by atoms with Gasteiger partial charge in [-0.2, -0.15) is 18.3 Å². The summed E-state index contributed by atoms with van der Waals surface area (Å²) in [5, 5.41) is 7.09. The van der Waals surface area contributed by atoms with Crippen molar-refractivity contribution in [3.63, 3.8) is 0 Å². The third-order valence-corrected chi connectivity index (χ3v) is 3.51. The molecule has 0 radical (unpaired) electrons. The van der Waals surface area contributed by atoms with E-state index >= 15 is 0 Å². The highest BCUT2D eigenvalue weighted by Gasteiger charge is 2.32. The quantitative estimate of drug-likeness (QED) is 0.922. The molecule has 114 valence electrons. The van der Waals surface area contributed by atoms with E-state index in [0.717, 1.165) is 23.7 Å². The lowest BCUT2D eigenvalue weighted by atomic mass is 10.2. The smallest absolute Gasteiger partial charge is 0.419 e.